The average molecular weight is 250 g/mol. The number of thiazole rings is 1. The van der Waals surface area contributed by atoms with Gasteiger partial charge in [0.2, 0.25) is 0 Å². The maximum atomic E-state index is 11.8. The summed E-state index contributed by atoms with van der Waals surface area (Å²) >= 11 is 1.75. The molecular weight excluding hydrogens is 232 g/mol. The number of carbonyl (C=O) groups excluding carboxylic acids is 1. The molecule has 0 atom stereocenters. The van der Waals surface area contributed by atoms with Gasteiger partial charge in [0, 0.05) is 23.9 Å². The average Bonchev–Trinajstić information content (AvgIpc) is 3.05. The van der Waals surface area contributed by atoms with Crippen LogP contribution in [0.2, 0.25) is 0 Å². The van der Waals surface area contributed by atoms with Crippen LogP contribution in [-0.4, -0.2) is 23.4 Å². The number of hydrogen-bond acceptors (Lipinski definition) is 4. The Labute approximate surface area is 106 Å². The predicted molar refractivity (Wildman–Crippen MR) is 70.0 cm³/mol. The first-order valence-electron chi connectivity index (χ1n) is 6.59. The summed E-state index contributed by atoms with van der Waals surface area (Å²) < 4.78 is 0. The van der Waals surface area contributed by atoms with E-state index in [9.17, 15) is 4.79 Å². The van der Waals surface area contributed by atoms with Crippen molar-refractivity contribution in [3.8, 4) is 0 Å². The molecule has 17 heavy (non-hydrogen) atoms. The Morgan fingerprint density at radius 3 is 2.88 bits per heavy atom. The Bertz CT molecular complexity index is 437. The van der Waals surface area contributed by atoms with Crippen molar-refractivity contribution in [1.29, 1.82) is 0 Å². The van der Waals surface area contributed by atoms with Gasteiger partial charge in [-0.1, -0.05) is 6.92 Å². The van der Waals surface area contributed by atoms with Gasteiger partial charge in [0.15, 0.2) is 10.9 Å². The van der Waals surface area contributed by atoms with Crippen molar-refractivity contribution in [2.24, 2.45) is 0 Å². The molecule has 1 fully saturated rings. The SMILES string of the molecule is CCCN(c1nc2c(s1)CCCC2=O)C1CC1. The van der Waals surface area contributed by atoms with E-state index in [1.807, 2.05) is 0 Å². The van der Waals surface area contributed by atoms with E-state index in [-0.39, 0.29) is 5.78 Å². The Morgan fingerprint density at radius 2 is 2.24 bits per heavy atom. The minimum Gasteiger partial charge on any atom is -0.345 e. The van der Waals surface area contributed by atoms with Crippen molar-refractivity contribution in [3.63, 3.8) is 0 Å². The molecule has 1 aromatic heterocycles. The summed E-state index contributed by atoms with van der Waals surface area (Å²) in [5.74, 6) is 0.251. The summed E-state index contributed by atoms with van der Waals surface area (Å²) in [5, 5.41) is 1.09. The smallest absolute Gasteiger partial charge is 0.186 e. The number of aromatic nitrogens is 1. The number of nitrogens with zero attached hydrogens (tertiary/aromatic N) is 2. The molecule has 0 saturated heterocycles. The van der Waals surface area contributed by atoms with E-state index >= 15 is 0 Å². The number of fused-ring (bicyclic) bond motifs is 1. The molecule has 2 aliphatic rings. The Hall–Kier alpha value is -0.900. The van der Waals surface area contributed by atoms with Gasteiger partial charge in [-0.15, -0.1) is 11.3 Å². The molecule has 0 aromatic carbocycles. The highest BCUT2D eigenvalue weighted by Gasteiger charge is 2.32. The lowest BCUT2D eigenvalue weighted by molar-refractivity contribution is 0.0968. The van der Waals surface area contributed by atoms with E-state index in [0.717, 1.165) is 36.6 Å². The molecule has 1 aromatic rings. The Balaban J connectivity index is 1.89. The van der Waals surface area contributed by atoms with Crippen LogP contribution >= 0.6 is 11.3 Å². The van der Waals surface area contributed by atoms with Crippen molar-refractivity contribution in [2.75, 3.05) is 11.4 Å². The summed E-state index contributed by atoms with van der Waals surface area (Å²) in [6.07, 6.45) is 6.46. The maximum absolute atomic E-state index is 11.8. The molecule has 0 unspecified atom stereocenters. The Morgan fingerprint density at radius 1 is 1.41 bits per heavy atom. The molecule has 0 amide bonds. The third-order valence-corrected chi connectivity index (χ3v) is 4.61. The minimum atomic E-state index is 0.251. The van der Waals surface area contributed by atoms with Crippen LogP contribution in [0.1, 0.15) is 54.4 Å². The van der Waals surface area contributed by atoms with Gasteiger partial charge in [-0.25, -0.2) is 4.98 Å². The van der Waals surface area contributed by atoms with Crippen LogP contribution in [0.5, 0.6) is 0 Å². The van der Waals surface area contributed by atoms with E-state index < -0.39 is 0 Å². The standard InChI is InChI=1S/C13H18N2OS/c1-2-8-15(9-6-7-9)13-14-12-10(16)4-3-5-11(12)17-13/h9H,2-8H2,1H3. The zero-order valence-corrected chi connectivity index (χ0v) is 11.1. The first-order chi connectivity index (χ1) is 8.29. The molecule has 3 rings (SSSR count). The molecule has 0 N–H and O–H groups in total. The first kappa shape index (κ1) is 11.2. The van der Waals surface area contributed by atoms with Crippen LogP contribution in [0.25, 0.3) is 0 Å². The molecule has 92 valence electrons. The molecule has 0 radical (unpaired) electrons. The van der Waals surface area contributed by atoms with Gasteiger partial charge in [0.1, 0.15) is 5.69 Å². The van der Waals surface area contributed by atoms with Crippen molar-refractivity contribution < 1.29 is 4.79 Å². The molecule has 4 heteroatoms. The molecule has 1 heterocycles. The number of carbonyl (C=O) groups is 1. The van der Waals surface area contributed by atoms with Gasteiger partial charge in [-0.05, 0) is 32.1 Å². The van der Waals surface area contributed by atoms with Crippen molar-refractivity contribution in [1.82, 2.24) is 4.98 Å². The highest BCUT2D eigenvalue weighted by Crippen LogP contribution is 2.37. The molecule has 0 aliphatic heterocycles. The number of ketones is 1. The lowest BCUT2D eigenvalue weighted by Crippen LogP contribution is -2.26. The number of anilines is 1. The molecule has 2 aliphatic carbocycles. The monoisotopic (exact) mass is 250 g/mol. The number of aryl methyl sites for hydroxylation is 1. The van der Waals surface area contributed by atoms with Crippen LogP contribution in [0.4, 0.5) is 5.13 Å². The zero-order valence-electron chi connectivity index (χ0n) is 10.2. The Kier molecular flexibility index (Phi) is 2.90. The maximum Gasteiger partial charge on any atom is 0.186 e. The zero-order chi connectivity index (χ0) is 11.8. The van der Waals surface area contributed by atoms with Crippen molar-refractivity contribution in [3.05, 3.63) is 10.6 Å². The second-order valence-electron chi connectivity index (χ2n) is 4.97. The van der Waals surface area contributed by atoms with Crippen molar-refractivity contribution >= 4 is 22.3 Å². The van der Waals surface area contributed by atoms with E-state index in [0.29, 0.717) is 12.5 Å². The molecule has 1 saturated carbocycles. The fraction of sp³-hybridized carbons (Fsp3) is 0.692. The third kappa shape index (κ3) is 2.10. The van der Waals surface area contributed by atoms with Gasteiger partial charge in [0.25, 0.3) is 0 Å². The fourth-order valence-electron chi connectivity index (χ4n) is 2.44. The number of Topliss-reactive ketones (excluding diaryl/α,β-unsaturated/α-hetero) is 1. The minimum absolute atomic E-state index is 0.251. The van der Waals surface area contributed by atoms with Gasteiger partial charge in [-0.2, -0.15) is 0 Å². The summed E-state index contributed by atoms with van der Waals surface area (Å²) in [6.45, 7) is 3.28. The van der Waals surface area contributed by atoms with E-state index in [4.69, 9.17) is 0 Å². The van der Waals surface area contributed by atoms with Gasteiger partial charge in [-0.3, -0.25) is 4.79 Å². The van der Waals surface area contributed by atoms with Gasteiger partial charge < -0.3 is 4.90 Å². The van der Waals surface area contributed by atoms with E-state index in [2.05, 4.69) is 16.8 Å². The highest BCUT2D eigenvalue weighted by atomic mass is 32.1. The number of rotatable bonds is 4. The third-order valence-electron chi connectivity index (χ3n) is 3.46. The normalized spacial score (nSPS) is 19.2. The van der Waals surface area contributed by atoms with Crippen LogP contribution in [0.3, 0.4) is 0 Å². The second kappa shape index (κ2) is 4.41. The van der Waals surface area contributed by atoms with E-state index in [1.165, 1.54) is 17.7 Å². The summed E-state index contributed by atoms with van der Waals surface area (Å²) in [6, 6.07) is 0.692. The molecule has 0 bridgehead atoms. The quantitative estimate of drug-likeness (QED) is 0.823. The summed E-state index contributed by atoms with van der Waals surface area (Å²) in [4.78, 5) is 20.0. The summed E-state index contributed by atoms with van der Waals surface area (Å²) in [7, 11) is 0. The lowest BCUT2D eigenvalue weighted by atomic mass is 10.0. The highest BCUT2D eigenvalue weighted by molar-refractivity contribution is 7.16. The molecular formula is C13H18N2OS. The topological polar surface area (TPSA) is 33.2 Å². The largest absolute Gasteiger partial charge is 0.345 e. The fourth-order valence-corrected chi connectivity index (χ4v) is 3.66. The van der Waals surface area contributed by atoms with Crippen LogP contribution in [0, 0.1) is 0 Å². The number of hydrogen-bond donors (Lipinski definition) is 0. The van der Waals surface area contributed by atoms with Crippen LogP contribution in [0.15, 0.2) is 0 Å². The lowest BCUT2D eigenvalue weighted by Gasteiger charge is -2.20. The summed E-state index contributed by atoms with van der Waals surface area (Å²) in [5.41, 5.74) is 0.776. The van der Waals surface area contributed by atoms with Crippen molar-refractivity contribution in [2.45, 2.75) is 51.5 Å². The second-order valence-corrected chi connectivity index (χ2v) is 6.03. The molecule has 3 nitrogen and oxygen atoms in total. The molecule has 0 spiro atoms. The van der Waals surface area contributed by atoms with Gasteiger partial charge >= 0.3 is 0 Å². The predicted octanol–water partition coefficient (Wildman–Crippen LogP) is 3.04. The van der Waals surface area contributed by atoms with Crippen LogP contribution < -0.4 is 4.90 Å². The van der Waals surface area contributed by atoms with Crippen LogP contribution in [-0.2, 0) is 6.42 Å². The first-order valence-corrected chi connectivity index (χ1v) is 7.40. The van der Waals surface area contributed by atoms with Gasteiger partial charge in [0.05, 0.1) is 0 Å². The van der Waals surface area contributed by atoms with E-state index in [1.54, 1.807) is 11.3 Å².